The number of carbonyl (C=O) groups excluding carboxylic acids is 1. The molecule has 6 heteroatoms. The fourth-order valence-corrected chi connectivity index (χ4v) is 4.52. The van der Waals surface area contributed by atoms with Crippen LogP contribution >= 0.6 is 11.6 Å². The number of hydrogen-bond donors (Lipinski definition) is 1. The van der Waals surface area contributed by atoms with Gasteiger partial charge in [0.1, 0.15) is 11.2 Å². The summed E-state index contributed by atoms with van der Waals surface area (Å²) in [5.41, 5.74) is 3.74. The number of rotatable bonds is 4. The molecular formula is C26H17ClN4O. The fourth-order valence-electron chi connectivity index (χ4n) is 4.39. The molecule has 154 valence electrons. The van der Waals surface area contributed by atoms with E-state index in [0.29, 0.717) is 22.8 Å². The average molecular weight is 437 g/mol. The van der Waals surface area contributed by atoms with E-state index in [1.165, 1.54) is 0 Å². The molecule has 1 amide bonds. The van der Waals surface area contributed by atoms with Gasteiger partial charge < -0.3 is 5.32 Å². The van der Waals surface area contributed by atoms with Crippen molar-refractivity contribution < 1.29 is 4.79 Å². The maximum Gasteiger partial charge on any atom is 0.241 e. The van der Waals surface area contributed by atoms with Gasteiger partial charge in [0.15, 0.2) is 0 Å². The Hall–Kier alpha value is -4.01. The van der Waals surface area contributed by atoms with Crippen molar-refractivity contribution in [2.45, 2.75) is 11.8 Å². The molecule has 2 aromatic carbocycles. The summed E-state index contributed by atoms with van der Waals surface area (Å²) >= 11 is 6.12. The number of hydrogen-bond acceptors (Lipinski definition) is 4. The second-order valence-electron chi connectivity index (χ2n) is 7.67. The molecule has 1 unspecified atom stereocenters. The van der Waals surface area contributed by atoms with Gasteiger partial charge in [0.25, 0.3) is 0 Å². The zero-order valence-electron chi connectivity index (χ0n) is 16.9. The van der Waals surface area contributed by atoms with E-state index in [2.05, 4.69) is 21.4 Å². The number of nitriles is 1. The zero-order valence-corrected chi connectivity index (χ0v) is 17.7. The molecule has 4 aromatic rings. The van der Waals surface area contributed by atoms with Crippen molar-refractivity contribution >= 4 is 23.3 Å². The second-order valence-corrected chi connectivity index (χ2v) is 8.11. The number of carbonyl (C=O) groups is 1. The van der Waals surface area contributed by atoms with E-state index in [9.17, 15) is 10.1 Å². The number of nitrogens with one attached hydrogen (secondary N) is 1. The van der Waals surface area contributed by atoms with E-state index in [-0.39, 0.29) is 5.91 Å². The van der Waals surface area contributed by atoms with Gasteiger partial charge in [-0.25, -0.2) is 4.98 Å². The van der Waals surface area contributed by atoms with E-state index >= 15 is 0 Å². The number of aromatic nitrogens is 2. The molecule has 1 aliphatic rings. The van der Waals surface area contributed by atoms with E-state index in [0.717, 1.165) is 27.8 Å². The van der Waals surface area contributed by atoms with E-state index < -0.39 is 5.41 Å². The Balaban J connectivity index is 1.81. The van der Waals surface area contributed by atoms with Gasteiger partial charge in [-0.2, -0.15) is 5.26 Å². The van der Waals surface area contributed by atoms with Crippen LogP contribution in [-0.4, -0.2) is 15.9 Å². The molecule has 0 bridgehead atoms. The fraction of sp³-hybridized carbons (Fsp3) is 0.0769. The van der Waals surface area contributed by atoms with Crippen molar-refractivity contribution in [1.82, 2.24) is 9.97 Å². The lowest BCUT2D eigenvalue weighted by atomic mass is 9.69. The predicted molar refractivity (Wildman–Crippen MR) is 123 cm³/mol. The topological polar surface area (TPSA) is 78.7 Å². The van der Waals surface area contributed by atoms with Gasteiger partial charge in [-0.1, -0.05) is 35.9 Å². The summed E-state index contributed by atoms with van der Waals surface area (Å²) < 4.78 is 0. The largest absolute Gasteiger partial charge is 0.309 e. The Bertz CT molecular complexity index is 1360. The molecule has 0 fully saturated rings. The number of nitrogens with zero attached hydrogens (tertiary/aromatic N) is 3. The molecular weight excluding hydrogens is 420 g/mol. The molecule has 3 heterocycles. The van der Waals surface area contributed by atoms with Crippen LogP contribution in [0.25, 0.3) is 11.1 Å². The Morgan fingerprint density at radius 3 is 2.53 bits per heavy atom. The van der Waals surface area contributed by atoms with Crippen molar-refractivity contribution in [1.29, 1.82) is 5.26 Å². The lowest BCUT2D eigenvalue weighted by molar-refractivity contribution is -0.119. The van der Waals surface area contributed by atoms with Gasteiger partial charge in [0, 0.05) is 29.2 Å². The first-order chi connectivity index (χ1) is 15.6. The summed E-state index contributed by atoms with van der Waals surface area (Å²) in [6.07, 6.45) is 5.52. The highest BCUT2D eigenvalue weighted by Crippen LogP contribution is 2.48. The quantitative estimate of drug-likeness (QED) is 0.480. The summed E-state index contributed by atoms with van der Waals surface area (Å²) in [5, 5.41) is 13.1. The summed E-state index contributed by atoms with van der Waals surface area (Å²) in [7, 11) is 0. The van der Waals surface area contributed by atoms with E-state index in [4.69, 9.17) is 11.6 Å². The molecule has 32 heavy (non-hydrogen) atoms. The average Bonchev–Trinajstić information content (AvgIpc) is 3.12. The van der Waals surface area contributed by atoms with Crippen LogP contribution in [0, 0.1) is 11.3 Å². The van der Waals surface area contributed by atoms with Crippen LogP contribution in [0.4, 0.5) is 5.82 Å². The van der Waals surface area contributed by atoms with Crippen LogP contribution in [0.1, 0.15) is 22.3 Å². The van der Waals surface area contributed by atoms with E-state index in [1.807, 2.05) is 54.6 Å². The molecule has 1 atom stereocenters. The van der Waals surface area contributed by atoms with Crippen LogP contribution in [-0.2, 0) is 16.6 Å². The minimum absolute atomic E-state index is 0.173. The van der Waals surface area contributed by atoms with Crippen LogP contribution in [0.3, 0.4) is 0 Å². The molecule has 1 N–H and O–H groups in total. The standard InChI is InChI=1S/C26H17ClN4O/c27-21-6-4-19(5-7-21)22-10-13-30-24-23(22)26(25(32)31-24,15-17-8-11-29-12-9-17)20-3-1-2-18(14-20)16-28/h1-14H,15H2,(H,30,31,32). The Kier molecular flexibility index (Phi) is 4.93. The normalized spacial score (nSPS) is 16.8. The maximum absolute atomic E-state index is 13.7. The summed E-state index contributed by atoms with van der Waals surface area (Å²) in [5.74, 6) is 0.354. The minimum atomic E-state index is -1.06. The summed E-state index contributed by atoms with van der Waals surface area (Å²) in [6, 6.07) is 22.7. The number of anilines is 1. The maximum atomic E-state index is 13.7. The van der Waals surface area contributed by atoms with Crippen LogP contribution in [0.2, 0.25) is 5.02 Å². The highest BCUT2D eigenvalue weighted by Gasteiger charge is 2.50. The third-order valence-electron chi connectivity index (χ3n) is 5.86. The number of halogens is 1. The summed E-state index contributed by atoms with van der Waals surface area (Å²) in [6.45, 7) is 0. The van der Waals surface area contributed by atoms with Gasteiger partial charge in [-0.15, -0.1) is 0 Å². The van der Waals surface area contributed by atoms with Crippen molar-refractivity contribution in [3.63, 3.8) is 0 Å². The monoisotopic (exact) mass is 436 g/mol. The number of amides is 1. The van der Waals surface area contributed by atoms with Crippen LogP contribution in [0.15, 0.2) is 85.3 Å². The van der Waals surface area contributed by atoms with Crippen molar-refractivity contribution in [3.8, 4) is 17.2 Å². The Morgan fingerprint density at radius 1 is 1.00 bits per heavy atom. The molecule has 5 nitrogen and oxygen atoms in total. The SMILES string of the molecule is N#Cc1cccc(C2(Cc3ccncc3)C(=O)Nc3nccc(-c4ccc(Cl)cc4)c32)c1. The number of benzene rings is 2. The van der Waals surface area contributed by atoms with Gasteiger partial charge in [0.2, 0.25) is 5.91 Å². The lowest BCUT2D eigenvalue weighted by Crippen LogP contribution is -2.38. The molecule has 5 rings (SSSR count). The molecule has 0 aliphatic carbocycles. The summed E-state index contributed by atoms with van der Waals surface area (Å²) in [4.78, 5) is 22.3. The van der Waals surface area contributed by atoms with E-state index in [1.54, 1.807) is 30.7 Å². The van der Waals surface area contributed by atoms with Gasteiger partial charge in [0.05, 0.1) is 11.6 Å². The zero-order chi connectivity index (χ0) is 22.1. The van der Waals surface area contributed by atoms with Crippen molar-refractivity contribution in [2.24, 2.45) is 0 Å². The third-order valence-corrected chi connectivity index (χ3v) is 6.11. The highest BCUT2D eigenvalue weighted by molar-refractivity contribution is 6.30. The molecule has 0 radical (unpaired) electrons. The number of pyridine rings is 2. The molecule has 2 aromatic heterocycles. The number of fused-ring (bicyclic) bond motifs is 1. The van der Waals surface area contributed by atoms with Crippen LogP contribution in [0.5, 0.6) is 0 Å². The highest BCUT2D eigenvalue weighted by atomic mass is 35.5. The third kappa shape index (κ3) is 3.22. The first-order valence-corrected chi connectivity index (χ1v) is 10.5. The van der Waals surface area contributed by atoms with Crippen LogP contribution < -0.4 is 5.32 Å². The molecule has 1 aliphatic heterocycles. The predicted octanol–water partition coefficient (Wildman–Crippen LogP) is 5.15. The first-order valence-electron chi connectivity index (χ1n) is 10.1. The van der Waals surface area contributed by atoms with Crippen molar-refractivity contribution in [3.05, 3.63) is 113 Å². The van der Waals surface area contributed by atoms with Gasteiger partial charge in [-0.05, 0) is 71.1 Å². The molecule has 0 saturated carbocycles. The minimum Gasteiger partial charge on any atom is -0.309 e. The molecule has 0 spiro atoms. The molecule has 0 saturated heterocycles. The van der Waals surface area contributed by atoms with Gasteiger partial charge >= 0.3 is 0 Å². The second kappa shape index (κ2) is 7.92. The Morgan fingerprint density at radius 2 is 1.78 bits per heavy atom. The van der Waals surface area contributed by atoms with Crippen molar-refractivity contribution in [2.75, 3.05) is 5.32 Å². The lowest BCUT2D eigenvalue weighted by Gasteiger charge is -2.30. The Labute approximate surface area is 190 Å². The van der Waals surface area contributed by atoms with Gasteiger partial charge in [-0.3, -0.25) is 9.78 Å². The smallest absolute Gasteiger partial charge is 0.241 e. The first kappa shape index (κ1) is 19.9.